The van der Waals surface area contributed by atoms with Gasteiger partial charge in [-0.15, -0.1) is 11.3 Å². The number of hydrogen-bond donors (Lipinski definition) is 1. The molecule has 1 aromatic carbocycles. The van der Waals surface area contributed by atoms with Crippen molar-refractivity contribution in [3.05, 3.63) is 52.0 Å². The lowest BCUT2D eigenvalue weighted by atomic mass is 10.2. The molecule has 1 N–H and O–H groups in total. The van der Waals surface area contributed by atoms with E-state index in [0.29, 0.717) is 38.5 Å². The number of hydrogen-bond acceptors (Lipinski definition) is 7. The summed E-state index contributed by atoms with van der Waals surface area (Å²) < 4.78 is 23.4. The van der Waals surface area contributed by atoms with Gasteiger partial charge in [0.25, 0.3) is 5.91 Å². The van der Waals surface area contributed by atoms with Crippen LogP contribution in [-0.2, 0) is 22.6 Å². The van der Waals surface area contributed by atoms with Crippen LogP contribution in [0.25, 0.3) is 11.4 Å². The maximum Gasteiger partial charge on any atom is 0.253 e. The average Bonchev–Trinajstić information content (AvgIpc) is 3.43. The van der Waals surface area contributed by atoms with Gasteiger partial charge >= 0.3 is 0 Å². The second-order valence-electron chi connectivity index (χ2n) is 7.37. The molecule has 0 aliphatic heterocycles. The Balaban J connectivity index is 1.75. The molecule has 2 heterocycles. The molecule has 3 aromatic rings. The van der Waals surface area contributed by atoms with E-state index < -0.39 is 0 Å². The number of thiazole rings is 1. The zero-order valence-electron chi connectivity index (χ0n) is 19.6. The molecular weight excluding hydrogens is 442 g/mol. The molecule has 178 valence electrons. The fraction of sp³-hybridized carbons (Fsp3) is 0.417. The van der Waals surface area contributed by atoms with Gasteiger partial charge < -0.3 is 28.8 Å². The molecule has 0 radical (unpaired) electrons. The highest BCUT2D eigenvalue weighted by Crippen LogP contribution is 2.28. The van der Waals surface area contributed by atoms with Crippen molar-refractivity contribution in [1.82, 2.24) is 14.9 Å². The number of amides is 1. The molecule has 0 fully saturated rings. The number of benzene rings is 1. The molecule has 0 saturated heterocycles. The van der Waals surface area contributed by atoms with Crippen molar-refractivity contribution < 1.29 is 23.7 Å². The number of nitrogens with zero attached hydrogens (tertiary/aromatic N) is 2. The summed E-state index contributed by atoms with van der Waals surface area (Å²) in [6, 6.07) is 9.35. The Morgan fingerprint density at radius 1 is 1.09 bits per heavy atom. The summed E-state index contributed by atoms with van der Waals surface area (Å²) in [5.74, 6) is 1.43. The highest BCUT2D eigenvalue weighted by Gasteiger charge is 2.20. The molecule has 9 heteroatoms. The third kappa shape index (κ3) is 6.56. The quantitative estimate of drug-likeness (QED) is 0.379. The SMILES string of the molecule is COCCCNC(=O)c1cc(-c2csc(COc3ccc(OC)cc3)n2)n(CCOC)c1C. The van der Waals surface area contributed by atoms with Crippen LogP contribution in [0.5, 0.6) is 11.5 Å². The van der Waals surface area contributed by atoms with Crippen LogP contribution < -0.4 is 14.8 Å². The Morgan fingerprint density at radius 2 is 1.82 bits per heavy atom. The van der Waals surface area contributed by atoms with Crippen molar-refractivity contribution in [2.45, 2.75) is 26.5 Å². The Hall–Kier alpha value is -2.88. The molecule has 8 nitrogen and oxygen atoms in total. The highest BCUT2D eigenvalue weighted by atomic mass is 32.1. The standard InChI is InChI=1S/C24H31N3O5S/c1-17-20(24(28)25-10-5-12-29-2)14-22(27(17)11-13-30-3)21-16-33-23(26-21)15-32-19-8-6-18(31-4)7-9-19/h6-9,14,16H,5,10-13,15H2,1-4H3,(H,25,28). The minimum atomic E-state index is -0.0979. The minimum Gasteiger partial charge on any atom is -0.497 e. The predicted molar refractivity (Wildman–Crippen MR) is 128 cm³/mol. The molecule has 0 aliphatic carbocycles. The van der Waals surface area contributed by atoms with Crippen molar-refractivity contribution >= 4 is 17.2 Å². The van der Waals surface area contributed by atoms with Crippen molar-refractivity contribution in [1.29, 1.82) is 0 Å². The first kappa shape index (κ1) is 24.8. The van der Waals surface area contributed by atoms with Gasteiger partial charge in [-0.1, -0.05) is 0 Å². The first-order valence-electron chi connectivity index (χ1n) is 10.7. The van der Waals surface area contributed by atoms with E-state index in [2.05, 4.69) is 9.88 Å². The number of rotatable bonds is 13. The molecule has 0 atom stereocenters. The maximum atomic E-state index is 12.8. The summed E-state index contributed by atoms with van der Waals surface area (Å²) in [5.41, 5.74) is 3.22. The van der Waals surface area contributed by atoms with Crippen LogP contribution in [0.4, 0.5) is 0 Å². The zero-order valence-corrected chi connectivity index (χ0v) is 20.4. The Bertz CT molecular complexity index is 1030. The van der Waals surface area contributed by atoms with E-state index in [1.165, 1.54) is 11.3 Å². The van der Waals surface area contributed by atoms with Gasteiger partial charge in [0.2, 0.25) is 0 Å². The third-order valence-corrected chi connectivity index (χ3v) is 6.00. The number of aromatic nitrogens is 2. The summed E-state index contributed by atoms with van der Waals surface area (Å²) >= 11 is 1.53. The molecule has 0 spiro atoms. The summed E-state index contributed by atoms with van der Waals surface area (Å²) in [5, 5.41) is 5.81. The van der Waals surface area contributed by atoms with Crippen LogP contribution in [0.1, 0.15) is 27.5 Å². The lowest BCUT2D eigenvalue weighted by Gasteiger charge is -2.10. The van der Waals surface area contributed by atoms with Crippen LogP contribution in [0, 0.1) is 6.92 Å². The van der Waals surface area contributed by atoms with Crippen LogP contribution in [0.2, 0.25) is 0 Å². The second kappa shape index (κ2) is 12.4. The maximum absolute atomic E-state index is 12.8. The normalized spacial score (nSPS) is 10.9. The zero-order chi connectivity index (χ0) is 23.6. The molecule has 0 bridgehead atoms. The van der Waals surface area contributed by atoms with Crippen LogP contribution >= 0.6 is 11.3 Å². The summed E-state index contributed by atoms with van der Waals surface area (Å²) in [4.78, 5) is 17.5. The van der Waals surface area contributed by atoms with Crippen LogP contribution in [-0.4, -0.2) is 56.5 Å². The van der Waals surface area contributed by atoms with E-state index >= 15 is 0 Å². The van der Waals surface area contributed by atoms with Crippen molar-refractivity contribution in [2.75, 3.05) is 41.1 Å². The van der Waals surface area contributed by atoms with Gasteiger partial charge in [-0.3, -0.25) is 4.79 Å². The van der Waals surface area contributed by atoms with E-state index in [0.717, 1.165) is 40.0 Å². The molecule has 0 unspecified atom stereocenters. The van der Waals surface area contributed by atoms with Gasteiger partial charge in [-0.2, -0.15) is 0 Å². The molecule has 1 amide bonds. The van der Waals surface area contributed by atoms with Crippen LogP contribution in [0.15, 0.2) is 35.7 Å². The van der Waals surface area contributed by atoms with Gasteiger partial charge in [0.15, 0.2) is 0 Å². The lowest BCUT2D eigenvalue weighted by Crippen LogP contribution is -2.25. The summed E-state index contributed by atoms with van der Waals surface area (Å²) in [6.45, 7) is 4.65. The van der Waals surface area contributed by atoms with E-state index in [-0.39, 0.29) is 5.91 Å². The molecule has 0 saturated carbocycles. The van der Waals surface area contributed by atoms with Gasteiger partial charge in [0.05, 0.1) is 30.7 Å². The minimum absolute atomic E-state index is 0.0979. The van der Waals surface area contributed by atoms with Crippen molar-refractivity contribution in [2.24, 2.45) is 0 Å². The monoisotopic (exact) mass is 473 g/mol. The van der Waals surface area contributed by atoms with E-state index in [9.17, 15) is 4.79 Å². The summed E-state index contributed by atoms with van der Waals surface area (Å²) in [6.07, 6.45) is 0.766. The van der Waals surface area contributed by atoms with Crippen molar-refractivity contribution in [3.63, 3.8) is 0 Å². The highest BCUT2D eigenvalue weighted by molar-refractivity contribution is 7.09. The molecule has 3 rings (SSSR count). The topological polar surface area (TPSA) is 83.8 Å². The molecule has 33 heavy (non-hydrogen) atoms. The van der Waals surface area contributed by atoms with Crippen molar-refractivity contribution in [3.8, 4) is 22.9 Å². The van der Waals surface area contributed by atoms with Gasteiger partial charge in [-0.25, -0.2) is 4.98 Å². The summed E-state index contributed by atoms with van der Waals surface area (Å²) in [7, 11) is 4.95. The molecule has 2 aromatic heterocycles. The second-order valence-corrected chi connectivity index (χ2v) is 8.31. The van der Waals surface area contributed by atoms with Gasteiger partial charge in [-0.05, 0) is 43.7 Å². The predicted octanol–water partition coefficient (Wildman–Crippen LogP) is 3.92. The Morgan fingerprint density at radius 3 is 2.52 bits per heavy atom. The lowest BCUT2D eigenvalue weighted by molar-refractivity contribution is 0.0947. The Kier molecular flexibility index (Phi) is 9.29. The number of ether oxygens (including phenoxy) is 4. The van der Waals surface area contributed by atoms with Gasteiger partial charge in [0.1, 0.15) is 23.1 Å². The van der Waals surface area contributed by atoms with E-state index in [1.54, 1.807) is 21.3 Å². The first-order chi connectivity index (χ1) is 16.1. The first-order valence-corrected chi connectivity index (χ1v) is 11.6. The van der Waals surface area contributed by atoms with Gasteiger partial charge in [0, 0.05) is 45.0 Å². The smallest absolute Gasteiger partial charge is 0.253 e. The fourth-order valence-electron chi connectivity index (χ4n) is 3.38. The number of nitrogens with one attached hydrogen (secondary N) is 1. The fourth-order valence-corrected chi connectivity index (χ4v) is 4.08. The molecule has 0 aliphatic rings. The Labute approximate surface area is 198 Å². The largest absolute Gasteiger partial charge is 0.497 e. The third-order valence-electron chi connectivity index (χ3n) is 5.18. The average molecular weight is 474 g/mol. The number of methoxy groups -OCH3 is 3. The van der Waals surface area contributed by atoms with Crippen LogP contribution in [0.3, 0.4) is 0 Å². The number of carbonyl (C=O) groups is 1. The molecular formula is C24H31N3O5S. The number of carbonyl (C=O) groups excluding carboxylic acids is 1. The van der Waals surface area contributed by atoms with E-state index in [1.807, 2.05) is 42.6 Å². The van der Waals surface area contributed by atoms with E-state index in [4.69, 9.17) is 23.9 Å².